The number of hydrogen-bond acceptors (Lipinski definition) is 2. The van der Waals surface area contributed by atoms with Gasteiger partial charge < -0.3 is 9.47 Å². The standard InChI is InChI=1S/C15H17O2S/c1-16-12-6-4-8-14(10-12)18(3)15-9-5-7-13(11-15)17-2/h4-11H,1-3H3/q+1. The van der Waals surface area contributed by atoms with Crippen molar-refractivity contribution >= 4 is 10.9 Å². The van der Waals surface area contributed by atoms with Gasteiger partial charge in [-0.2, -0.15) is 0 Å². The van der Waals surface area contributed by atoms with E-state index in [-0.39, 0.29) is 10.9 Å². The summed E-state index contributed by atoms with van der Waals surface area (Å²) >= 11 is 0. The maximum Gasteiger partial charge on any atom is 0.164 e. The van der Waals surface area contributed by atoms with Crippen LogP contribution in [-0.2, 0) is 10.9 Å². The molecule has 0 bridgehead atoms. The number of ether oxygens (including phenoxy) is 2. The molecule has 0 radical (unpaired) electrons. The van der Waals surface area contributed by atoms with Gasteiger partial charge in [-0.1, -0.05) is 12.1 Å². The lowest BCUT2D eigenvalue weighted by Crippen LogP contribution is -2.01. The zero-order valence-electron chi connectivity index (χ0n) is 10.8. The van der Waals surface area contributed by atoms with Gasteiger partial charge in [0, 0.05) is 12.1 Å². The number of hydrogen-bond donors (Lipinski definition) is 0. The zero-order valence-corrected chi connectivity index (χ0v) is 11.7. The topological polar surface area (TPSA) is 18.5 Å². The SMILES string of the molecule is COc1cccc([S+](C)c2cccc(OC)c2)c1. The van der Waals surface area contributed by atoms with E-state index in [4.69, 9.17) is 9.47 Å². The van der Waals surface area contributed by atoms with Crippen LogP contribution in [-0.4, -0.2) is 20.5 Å². The summed E-state index contributed by atoms with van der Waals surface area (Å²) in [6.07, 6.45) is 2.21. The molecule has 0 aliphatic heterocycles. The van der Waals surface area contributed by atoms with Gasteiger partial charge in [0.15, 0.2) is 9.79 Å². The fourth-order valence-corrected chi connectivity index (χ4v) is 3.14. The van der Waals surface area contributed by atoms with E-state index in [2.05, 4.69) is 30.5 Å². The van der Waals surface area contributed by atoms with Gasteiger partial charge in [-0.05, 0) is 24.3 Å². The second-order valence-electron chi connectivity index (χ2n) is 3.87. The Labute approximate surface area is 111 Å². The lowest BCUT2D eigenvalue weighted by molar-refractivity contribution is 0.413. The van der Waals surface area contributed by atoms with Crippen LogP contribution in [0.25, 0.3) is 0 Å². The van der Waals surface area contributed by atoms with E-state index in [9.17, 15) is 0 Å². The molecule has 3 heteroatoms. The molecule has 2 aromatic rings. The monoisotopic (exact) mass is 261 g/mol. The minimum atomic E-state index is 0.0194. The Kier molecular flexibility index (Phi) is 4.15. The third-order valence-corrected chi connectivity index (χ3v) is 4.71. The normalized spacial score (nSPS) is 10.4. The molecule has 0 fully saturated rings. The fraction of sp³-hybridized carbons (Fsp3) is 0.200. The highest BCUT2D eigenvalue weighted by atomic mass is 32.2. The molecule has 0 amide bonds. The summed E-state index contributed by atoms with van der Waals surface area (Å²) in [6, 6.07) is 16.4. The second kappa shape index (κ2) is 5.83. The first-order chi connectivity index (χ1) is 8.74. The molecule has 0 atom stereocenters. The van der Waals surface area contributed by atoms with Crippen molar-refractivity contribution in [2.24, 2.45) is 0 Å². The molecule has 18 heavy (non-hydrogen) atoms. The predicted octanol–water partition coefficient (Wildman–Crippen LogP) is 3.37. The van der Waals surface area contributed by atoms with E-state index in [0.29, 0.717) is 0 Å². The minimum absolute atomic E-state index is 0.0194. The van der Waals surface area contributed by atoms with Gasteiger partial charge in [-0.15, -0.1) is 0 Å². The highest BCUT2D eigenvalue weighted by Gasteiger charge is 2.20. The van der Waals surface area contributed by atoms with Crippen LogP contribution in [0.15, 0.2) is 58.3 Å². The Bertz CT molecular complexity index is 478. The molecule has 0 saturated carbocycles. The first-order valence-corrected chi connectivity index (χ1v) is 7.32. The summed E-state index contributed by atoms with van der Waals surface area (Å²) in [5.41, 5.74) is 0. The lowest BCUT2D eigenvalue weighted by Gasteiger charge is -2.06. The summed E-state index contributed by atoms with van der Waals surface area (Å²) in [6.45, 7) is 0. The molecule has 0 aliphatic rings. The molecule has 2 nitrogen and oxygen atoms in total. The largest absolute Gasteiger partial charge is 0.497 e. The molecule has 2 aromatic carbocycles. The van der Waals surface area contributed by atoms with E-state index in [1.807, 2.05) is 24.3 Å². The van der Waals surface area contributed by atoms with E-state index < -0.39 is 0 Å². The molecule has 0 N–H and O–H groups in total. The maximum atomic E-state index is 5.27. The highest BCUT2D eigenvalue weighted by Crippen LogP contribution is 2.26. The fourth-order valence-electron chi connectivity index (χ4n) is 1.72. The van der Waals surface area contributed by atoms with E-state index in [0.717, 1.165) is 11.5 Å². The summed E-state index contributed by atoms with van der Waals surface area (Å²) in [4.78, 5) is 2.53. The number of methoxy groups -OCH3 is 2. The van der Waals surface area contributed by atoms with Crippen molar-refractivity contribution in [2.45, 2.75) is 9.79 Å². The molecular weight excluding hydrogens is 244 g/mol. The van der Waals surface area contributed by atoms with Gasteiger partial charge in [-0.3, -0.25) is 0 Å². The Morgan fingerprint density at radius 2 is 1.22 bits per heavy atom. The predicted molar refractivity (Wildman–Crippen MR) is 75.8 cm³/mol. The molecule has 2 rings (SSSR count). The van der Waals surface area contributed by atoms with Crippen LogP contribution in [0.5, 0.6) is 11.5 Å². The van der Waals surface area contributed by atoms with Gasteiger partial charge in [0.25, 0.3) is 0 Å². The number of rotatable bonds is 4. The van der Waals surface area contributed by atoms with Crippen LogP contribution in [0.2, 0.25) is 0 Å². The Hall–Kier alpha value is -1.61. The van der Waals surface area contributed by atoms with Crippen LogP contribution >= 0.6 is 0 Å². The minimum Gasteiger partial charge on any atom is -0.497 e. The van der Waals surface area contributed by atoms with E-state index >= 15 is 0 Å². The van der Waals surface area contributed by atoms with Crippen molar-refractivity contribution in [3.05, 3.63) is 48.5 Å². The van der Waals surface area contributed by atoms with Gasteiger partial charge >= 0.3 is 0 Å². The Morgan fingerprint density at radius 3 is 1.61 bits per heavy atom. The molecule has 0 heterocycles. The third kappa shape index (κ3) is 2.79. The third-order valence-electron chi connectivity index (χ3n) is 2.79. The van der Waals surface area contributed by atoms with Crippen LogP contribution in [0, 0.1) is 0 Å². The second-order valence-corrected chi connectivity index (χ2v) is 5.83. The maximum absolute atomic E-state index is 5.27. The van der Waals surface area contributed by atoms with Crippen molar-refractivity contribution in [3.8, 4) is 11.5 Å². The van der Waals surface area contributed by atoms with E-state index in [1.54, 1.807) is 14.2 Å². The van der Waals surface area contributed by atoms with Gasteiger partial charge in [0.1, 0.15) is 17.8 Å². The van der Waals surface area contributed by atoms with Crippen molar-refractivity contribution in [3.63, 3.8) is 0 Å². The smallest absolute Gasteiger partial charge is 0.164 e. The van der Waals surface area contributed by atoms with Crippen molar-refractivity contribution < 1.29 is 9.47 Å². The van der Waals surface area contributed by atoms with Crippen LogP contribution in [0.1, 0.15) is 0 Å². The summed E-state index contributed by atoms with van der Waals surface area (Å²) < 4.78 is 10.5. The lowest BCUT2D eigenvalue weighted by atomic mass is 10.3. The average Bonchev–Trinajstić information content (AvgIpc) is 2.46. The first kappa shape index (κ1) is 12.8. The Morgan fingerprint density at radius 1 is 0.778 bits per heavy atom. The molecule has 0 spiro atoms. The first-order valence-electron chi connectivity index (χ1n) is 5.68. The Balaban J connectivity index is 2.31. The molecule has 94 valence electrons. The van der Waals surface area contributed by atoms with Crippen LogP contribution in [0.3, 0.4) is 0 Å². The average molecular weight is 261 g/mol. The van der Waals surface area contributed by atoms with Crippen LogP contribution < -0.4 is 9.47 Å². The quantitative estimate of drug-likeness (QED) is 0.786. The number of benzene rings is 2. The van der Waals surface area contributed by atoms with Crippen LogP contribution in [0.4, 0.5) is 0 Å². The molecule has 0 aliphatic carbocycles. The van der Waals surface area contributed by atoms with Crippen molar-refractivity contribution in [2.75, 3.05) is 20.5 Å². The van der Waals surface area contributed by atoms with Gasteiger partial charge in [0.05, 0.1) is 25.1 Å². The summed E-state index contributed by atoms with van der Waals surface area (Å²) in [5.74, 6) is 1.80. The van der Waals surface area contributed by atoms with E-state index in [1.165, 1.54) is 9.79 Å². The molecule has 0 unspecified atom stereocenters. The van der Waals surface area contributed by atoms with Crippen molar-refractivity contribution in [1.82, 2.24) is 0 Å². The summed E-state index contributed by atoms with van der Waals surface area (Å²) in [5, 5.41) is 0. The molecular formula is C15H17O2S+. The van der Waals surface area contributed by atoms with Gasteiger partial charge in [-0.25, -0.2) is 0 Å². The zero-order chi connectivity index (χ0) is 13.0. The summed E-state index contributed by atoms with van der Waals surface area (Å²) in [7, 11) is 3.41. The van der Waals surface area contributed by atoms with Gasteiger partial charge in [0.2, 0.25) is 0 Å². The molecule has 0 saturated heterocycles. The highest BCUT2D eigenvalue weighted by molar-refractivity contribution is 7.96. The van der Waals surface area contributed by atoms with Crippen molar-refractivity contribution in [1.29, 1.82) is 0 Å². The molecule has 0 aromatic heterocycles.